The zero-order chi connectivity index (χ0) is 11.5. The third kappa shape index (κ3) is 2.05. The molecule has 1 aliphatic heterocycles. The van der Waals surface area contributed by atoms with Gasteiger partial charge in [-0.05, 0) is 12.1 Å². The van der Waals surface area contributed by atoms with Crippen molar-refractivity contribution in [3.05, 3.63) is 29.8 Å². The molecule has 0 aliphatic carbocycles. The Morgan fingerprint density at radius 2 is 2.31 bits per heavy atom. The van der Waals surface area contributed by atoms with Gasteiger partial charge < -0.3 is 9.47 Å². The van der Waals surface area contributed by atoms with Crippen molar-refractivity contribution in [1.29, 1.82) is 0 Å². The fraction of sp³-hybridized carbons (Fsp3) is 0.333. The molecule has 16 heavy (non-hydrogen) atoms. The van der Waals surface area contributed by atoms with E-state index in [4.69, 9.17) is 9.47 Å². The van der Waals surface area contributed by atoms with E-state index < -0.39 is 6.10 Å². The Morgan fingerprint density at radius 1 is 1.50 bits per heavy atom. The van der Waals surface area contributed by atoms with Gasteiger partial charge in [0, 0.05) is 18.4 Å². The molecule has 0 bridgehead atoms. The number of rotatable bonds is 3. The molecule has 1 atom stereocenters. The number of ketones is 1. The molecule has 1 aliphatic rings. The lowest BCUT2D eigenvalue weighted by molar-refractivity contribution is -0.140. The maximum Gasteiger partial charge on any atom is 0.306 e. The monoisotopic (exact) mass is 220 g/mol. The maximum absolute atomic E-state index is 11.9. The summed E-state index contributed by atoms with van der Waals surface area (Å²) in [6.45, 7) is 0. The van der Waals surface area contributed by atoms with Gasteiger partial charge in [0.2, 0.25) is 5.78 Å². The summed E-state index contributed by atoms with van der Waals surface area (Å²) in [7, 11) is 1.54. The fourth-order valence-corrected chi connectivity index (χ4v) is 1.67. The first kappa shape index (κ1) is 10.7. The first-order chi connectivity index (χ1) is 7.70. The van der Waals surface area contributed by atoms with E-state index in [2.05, 4.69) is 0 Å². The van der Waals surface area contributed by atoms with E-state index in [0.29, 0.717) is 24.2 Å². The summed E-state index contributed by atoms with van der Waals surface area (Å²) < 4.78 is 9.95. The summed E-state index contributed by atoms with van der Waals surface area (Å²) >= 11 is 0. The second kappa shape index (κ2) is 4.35. The molecule has 0 spiro atoms. The summed E-state index contributed by atoms with van der Waals surface area (Å²) in [5, 5.41) is 0. The second-order valence-corrected chi connectivity index (χ2v) is 3.61. The van der Waals surface area contributed by atoms with E-state index in [9.17, 15) is 9.59 Å². The van der Waals surface area contributed by atoms with E-state index in [-0.39, 0.29) is 11.8 Å². The molecule has 1 saturated heterocycles. The van der Waals surface area contributed by atoms with Crippen molar-refractivity contribution in [1.82, 2.24) is 0 Å². The van der Waals surface area contributed by atoms with E-state index in [1.165, 1.54) is 0 Å². The second-order valence-electron chi connectivity index (χ2n) is 3.61. The first-order valence-corrected chi connectivity index (χ1v) is 5.08. The third-order valence-corrected chi connectivity index (χ3v) is 2.53. The minimum Gasteiger partial charge on any atom is -0.497 e. The number of carbonyl (C=O) groups excluding carboxylic acids is 2. The number of benzene rings is 1. The van der Waals surface area contributed by atoms with Crippen LogP contribution in [0.2, 0.25) is 0 Å². The Labute approximate surface area is 93.2 Å². The predicted molar refractivity (Wildman–Crippen MR) is 56.4 cm³/mol. The Bertz CT molecular complexity index is 425. The molecule has 0 unspecified atom stereocenters. The Kier molecular flexibility index (Phi) is 2.90. The standard InChI is InChI=1S/C12H12O4/c1-15-9-4-2-3-8(7-9)12(14)10-5-6-11(13)16-10/h2-4,7,10H,5-6H2,1H3/t10-/m0/s1. The van der Waals surface area contributed by atoms with Crippen LogP contribution in [-0.4, -0.2) is 25.0 Å². The largest absolute Gasteiger partial charge is 0.497 e. The van der Waals surface area contributed by atoms with Crippen LogP contribution in [0.4, 0.5) is 0 Å². The van der Waals surface area contributed by atoms with Crippen molar-refractivity contribution in [2.24, 2.45) is 0 Å². The molecule has 0 saturated carbocycles. The SMILES string of the molecule is COc1cccc(C(=O)[C@@H]2CCC(=O)O2)c1. The van der Waals surface area contributed by atoms with Crippen molar-refractivity contribution in [3.8, 4) is 5.75 Å². The Morgan fingerprint density at radius 3 is 2.94 bits per heavy atom. The Balaban J connectivity index is 2.17. The minimum absolute atomic E-state index is 0.162. The molecule has 4 heteroatoms. The van der Waals surface area contributed by atoms with Crippen LogP contribution in [0, 0.1) is 0 Å². The van der Waals surface area contributed by atoms with Gasteiger partial charge in [0.15, 0.2) is 6.10 Å². The van der Waals surface area contributed by atoms with Gasteiger partial charge >= 0.3 is 5.97 Å². The van der Waals surface area contributed by atoms with Crippen LogP contribution in [0.5, 0.6) is 5.75 Å². The summed E-state index contributed by atoms with van der Waals surface area (Å²) in [4.78, 5) is 22.8. The molecular weight excluding hydrogens is 208 g/mol. The molecule has 0 N–H and O–H groups in total. The first-order valence-electron chi connectivity index (χ1n) is 5.08. The summed E-state index contributed by atoms with van der Waals surface area (Å²) in [6, 6.07) is 6.84. The predicted octanol–water partition coefficient (Wildman–Crippen LogP) is 1.58. The lowest BCUT2D eigenvalue weighted by Gasteiger charge is -2.08. The molecule has 84 valence electrons. The van der Waals surface area contributed by atoms with Crippen LogP contribution in [-0.2, 0) is 9.53 Å². The maximum atomic E-state index is 11.9. The lowest BCUT2D eigenvalue weighted by atomic mass is 10.0. The summed E-state index contributed by atoms with van der Waals surface area (Å²) in [5.41, 5.74) is 0.513. The molecule has 1 fully saturated rings. The summed E-state index contributed by atoms with van der Waals surface area (Å²) in [6.07, 6.45) is 0.162. The van der Waals surface area contributed by atoms with E-state index >= 15 is 0 Å². The van der Waals surface area contributed by atoms with Gasteiger partial charge in [-0.2, -0.15) is 0 Å². The molecule has 0 amide bonds. The van der Waals surface area contributed by atoms with Crippen LogP contribution < -0.4 is 4.74 Å². The molecule has 1 aromatic rings. The molecule has 1 aromatic carbocycles. The highest BCUT2D eigenvalue weighted by Crippen LogP contribution is 2.20. The molecular formula is C12H12O4. The fourth-order valence-electron chi connectivity index (χ4n) is 1.67. The van der Waals surface area contributed by atoms with E-state index in [0.717, 1.165) is 0 Å². The van der Waals surface area contributed by atoms with Crippen LogP contribution in [0.3, 0.4) is 0 Å². The van der Waals surface area contributed by atoms with Crippen LogP contribution in [0.1, 0.15) is 23.2 Å². The van der Waals surface area contributed by atoms with Gasteiger partial charge in [0.05, 0.1) is 7.11 Å². The van der Waals surface area contributed by atoms with Gasteiger partial charge in [-0.25, -0.2) is 0 Å². The number of cyclic esters (lactones) is 1. The van der Waals surface area contributed by atoms with Gasteiger partial charge in [-0.15, -0.1) is 0 Å². The lowest BCUT2D eigenvalue weighted by Crippen LogP contribution is -2.20. The van der Waals surface area contributed by atoms with Crippen molar-refractivity contribution in [3.63, 3.8) is 0 Å². The Hall–Kier alpha value is -1.84. The van der Waals surface area contributed by atoms with Crippen LogP contribution >= 0.6 is 0 Å². The highest BCUT2D eigenvalue weighted by molar-refractivity contribution is 6.01. The quantitative estimate of drug-likeness (QED) is 0.573. The zero-order valence-corrected chi connectivity index (χ0v) is 8.93. The van der Waals surface area contributed by atoms with Gasteiger partial charge in [0.1, 0.15) is 5.75 Å². The molecule has 2 rings (SSSR count). The van der Waals surface area contributed by atoms with E-state index in [1.807, 2.05) is 0 Å². The van der Waals surface area contributed by atoms with Crippen molar-refractivity contribution in [2.45, 2.75) is 18.9 Å². The van der Waals surface area contributed by atoms with Gasteiger partial charge in [-0.1, -0.05) is 12.1 Å². The third-order valence-electron chi connectivity index (χ3n) is 2.53. The molecule has 0 aromatic heterocycles. The van der Waals surface area contributed by atoms with Crippen molar-refractivity contribution >= 4 is 11.8 Å². The van der Waals surface area contributed by atoms with Crippen LogP contribution in [0.25, 0.3) is 0 Å². The van der Waals surface area contributed by atoms with Gasteiger partial charge in [0.25, 0.3) is 0 Å². The highest BCUT2D eigenvalue weighted by Gasteiger charge is 2.30. The van der Waals surface area contributed by atoms with Crippen LogP contribution in [0.15, 0.2) is 24.3 Å². The average Bonchev–Trinajstić information content (AvgIpc) is 2.75. The number of ether oxygens (including phenoxy) is 2. The average molecular weight is 220 g/mol. The smallest absolute Gasteiger partial charge is 0.306 e. The number of Topliss-reactive ketones (excluding diaryl/α,β-unsaturated/α-hetero) is 1. The topological polar surface area (TPSA) is 52.6 Å². The number of esters is 1. The zero-order valence-electron chi connectivity index (χ0n) is 8.93. The van der Waals surface area contributed by atoms with E-state index in [1.54, 1.807) is 31.4 Å². The number of methoxy groups -OCH3 is 1. The van der Waals surface area contributed by atoms with Gasteiger partial charge in [-0.3, -0.25) is 9.59 Å². The summed E-state index contributed by atoms with van der Waals surface area (Å²) in [5.74, 6) is 0.154. The van der Waals surface area contributed by atoms with Crippen molar-refractivity contribution < 1.29 is 19.1 Å². The number of carbonyl (C=O) groups is 2. The molecule has 0 radical (unpaired) electrons. The highest BCUT2D eigenvalue weighted by atomic mass is 16.6. The van der Waals surface area contributed by atoms with Crippen molar-refractivity contribution in [2.75, 3.05) is 7.11 Å². The normalized spacial score (nSPS) is 19.3. The molecule has 4 nitrogen and oxygen atoms in total. The number of hydrogen-bond acceptors (Lipinski definition) is 4. The minimum atomic E-state index is -0.625. The number of hydrogen-bond donors (Lipinski definition) is 0. The molecule has 1 heterocycles.